The fourth-order valence-electron chi connectivity index (χ4n) is 2.59. The van der Waals surface area contributed by atoms with Crippen molar-refractivity contribution in [3.05, 3.63) is 58.4 Å². The SMILES string of the molecule is COC(=O)c1c(C(=O)OC)c(C)n(Cc2ccccc2)c1C. The minimum atomic E-state index is -0.534. The number of carbonyl (C=O) groups excluding carboxylic acids is 2. The van der Waals surface area contributed by atoms with E-state index in [0.29, 0.717) is 17.9 Å². The average molecular weight is 301 g/mol. The lowest BCUT2D eigenvalue weighted by atomic mass is 10.1. The summed E-state index contributed by atoms with van der Waals surface area (Å²) in [4.78, 5) is 24.1. The number of benzene rings is 1. The molecule has 0 bridgehead atoms. The Labute approximate surface area is 129 Å². The van der Waals surface area contributed by atoms with Gasteiger partial charge >= 0.3 is 11.9 Å². The van der Waals surface area contributed by atoms with E-state index in [4.69, 9.17) is 9.47 Å². The van der Waals surface area contributed by atoms with Crippen LogP contribution in [0.5, 0.6) is 0 Å². The summed E-state index contributed by atoms with van der Waals surface area (Å²) in [5.41, 5.74) is 2.99. The van der Waals surface area contributed by atoms with Crippen molar-refractivity contribution in [3.8, 4) is 0 Å². The van der Waals surface area contributed by atoms with E-state index in [9.17, 15) is 9.59 Å². The number of rotatable bonds is 4. The molecule has 5 nitrogen and oxygen atoms in total. The van der Waals surface area contributed by atoms with Crippen LogP contribution < -0.4 is 0 Å². The molecule has 2 aromatic rings. The maximum atomic E-state index is 12.1. The Morgan fingerprint density at radius 3 is 1.77 bits per heavy atom. The molecule has 0 aliphatic heterocycles. The zero-order valence-corrected chi connectivity index (χ0v) is 13.2. The number of esters is 2. The monoisotopic (exact) mass is 301 g/mol. The van der Waals surface area contributed by atoms with Crippen molar-refractivity contribution in [1.29, 1.82) is 0 Å². The van der Waals surface area contributed by atoms with Crippen LogP contribution in [0, 0.1) is 13.8 Å². The van der Waals surface area contributed by atoms with Gasteiger partial charge in [0.1, 0.15) is 0 Å². The highest BCUT2D eigenvalue weighted by atomic mass is 16.5. The van der Waals surface area contributed by atoms with Crippen molar-refractivity contribution >= 4 is 11.9 Å². The maximum Gasteiger partial charge on any atom is 0.340 e. The first-order valence-electron chi connectivity index (χ1n) is 6.91. The van der Waals surface area contributed by atoms with E-state index < -0.39 is 11.9 Å². The van der Waals surface area contributed by atoms with E-state index in [-0.39, 0.29) is 11.1 Å². The van der Waals surface area contributed by atoms with Gasteiger partial charge in [0.15, 0.2) is 0 Å². The van der Waals surface area contributed by atoms with E-state index >= 15 is 0 Å². The normalized spacial score (nSPS) is 10.4. The van der Waals surface area contributed by atoms with Crippen LogP contribution in [0.1, 0.15) is 37.7 Å². The van der Waals surface area contributed by atoms with Crippen LogP contribution in [-0.4, -0.2) is 30.7 Å². The third-order valence-corrected chi connectivity index (χ3v) is 3.75. The van der Waals surface area contributed by atoms with Gasteiger partial charge in [0, 0.05) is 17.9 Å². The molecule has 1 aromatic carbocycles. The lowest BCUT2D eigenvalue weighted by molar-refractivity contribution is 0.0555. The smallest absolute Gasteiger partial charge is 0.340 e. The van der Waals surface area contributed by atoms with Crippen molar-refractivity contribution in [2.75, 3.05) is 14.2 Å². The number of nitrogens with zero attached hydrogens (tertiary/aromatic N) is 1. The Balaban J connectivity index is 2.58. The van der Waals surface area contributed by atoms with Crippen LogP contribution in [0.3, 0.4) is 0 Å². The quantitative estimate of drug-likeness (QED) is 0.815. The molecule has 0 spiro atoms. The second kappa shape index (κ2) is 6.47. The molecular formula is C17H19NO4. The molecular weight excluding hydrogens is 282 g/mol. The fraction of sp³-hybridized carbons (Fsp3) is 0.294. The number of ether oxygens (including phenoxy) is 2. The van der Waals surface area contributed by atoms with Gasteiger partial charge in [-0.25, -0.2) is 9.59 Å². The minimum Gasteiger partial charge on any atom is -0.465 e. The van der Waals surface area contributed by atoms with Crippen molar-refractivity contribution in [2.45, 2.75) is 20.4 Å². The van der Waals surface area contributed by atoms with Crippen LogP contribution in [0.15, 0.2) is 30.3 Å². The highest BCUT2D eigenvalue weighted by Crippen LogP contribution is 2.25. The van der Waals surface area contributed by atoms with Gasteiger partial charge in [-0.3, -0.25) is 0 Å². The number of carbonyl (C=O) groups is 2. The van der Waals surface area contributed by atoms with E-state index in [0.717, 1.165) is 5.56 Å². The minimum absolute atomic E-state index is 0.266. The van der Waals surface area contributed by atoms with E-state index in [1.54, 1.807) is 13.8 Å². The molecule has 0 N–H and O–H groups in total. The molecule has 0 radical (unpaired) electrons. The van der Waals surface area contributed by atoms with Gasteiger partial charge in [-0.05, 0) is 19.4 Å². The molecule has 0 aliphatic rings. The molecule has 0 aliphatic carbocycles. The molecule has 22 heavy (non-hydrogen) atoms. The standard InChI is InChI=1S/C17H19NO4/c1-11-14(16(19)21-3)15(17(20)22-4)12(2)18(11)10-13-8-6-5-7-9-13/h5-9H,10H2,1-4H3. The first-order chi connectivity index (χ1) is 10.5. The number of hydrogen-bond acceptors (Lipinski definition) is 4. The molecule has 5 heteroatoms. The Kier molecular flexibility index (Phi) is 4.65. The first kappa shape index (κ1) is 15.8. The lowest BCUT2D eigenvalue weighted by Crippen LogP contribution is -2.11. The van der Waals surface area contributed by atoms with Gasteiger partial charge in [0.05, 0.1) is 25.3 Å². The van der Waals surface area contributed by atoms with E-state index in [1.165, 1.54) is 14.2 Å². The Morgan fingerprint density at radius 2 is 1.36 bits per heavy atom. The summed E-state index contributed by atoms with van der Waals surface area (Å²) in [5, 5.41) is 0. The summed E-state index contributed by atoms with van der Waals surface area (Å²) >= 11 is 0. The number of hydrogen-bond donors (Lipinski definition) is 0. The van der Waals surface area contributed by atoms with Gasteiger partial charge in [-0.2, -0.15) is 0 Å². The zero-order chi connectivity index (χ0) is 16.3. The third kappa shape index (κ3) is 2.74. The molecule has 1 heterocycles. The third-order valence-electron chi connectivity index (χ3n) is 3.75. The van der Waals surface area contributed by atoms with Gasteiger partial charge in [-0.1, -0.05) is 30.3 Å². The molecule has 0 fully saturated rings. The van der Waals surface area contributed by atoms with Gasteiger partial charge < -0.3 is 14.0 Å². The molecule has 116 valence electrons. The van der Waals surface area contributed by atoms with Gasteiger partial charge in [0.25, 0.3) is 0 Å². The summed E-state index contributed by atoms with van der Waals surface area (Å²) in [6.45, 7) is 4.17. The van der Waals surface area contributed by atoms with Gasteiger partial charge in [-0.15, -0.1) is 0 Å². The summed E-state index contributed by atoms with van der Waals surface area (Å²) in [7, 11) is 2.60. The maximum absolute atomic E-state index is 12.1. The molecule has 0 saturated heterocycles. The summed E-state index contributed by atoms with van der Waals surface area (Å²) in [5.74, 6) is -1.07. The predicted octanol–water partition coefficient (Wildman–Crippen LogP) is 2.73. The molecule has 0 atom stereocenters. The van der Waals surface area contributed by atoms with E-state index in [1.807, 2.05) is 34.9 Å². The summed E-state index contributed by atoms with van der Waals surface area (Å²) < 4.78 is 11.5. The van der Waals surface area contributed by atoms with Crippen LogP contribution in [0.2, 0.25) is 0 Å². The Hall–Kier alpha value is -2.56. The predicted molar refractivity (Wildman–Crippen MR) is 82.1 cm³/mol. The molecule has 0 saturated carbocycles. The number of methoxy groups -OCH3 is 2. The van der Waals surface area contributed by atoms with Gasteiger partial charge in [0.2, 0.25) is 0 Å². The molecule has 2 rings (SSSR count). The second-order valence-corrected chi connectivity index (χ2v) is 4.98. The largest absolute Gasteiger partial charge is 0.465 e. The fourth-order valence-corrected chi connectivity index (χ4v) is 2.59. The highest BCUT2D eigenvalue weighted by molar-refractivity contribution is 6.05. The van der Waals surface area contributed by atoms with Crippen LogP contribution in [-0.2, 0) is 16.0 Å². The Morgan fingerprint density at radius 1 is 0.909 bits per heavy atom. The summed E-state index contributed by atoms with van der Waals surface area (Å²) in [6.07, 6.45) is 0. The first-order valence-corrected chi connectivity index (χ1v) is 6.91. The Bertz CT molecular complexity index is 662. The second-order valence-electron chi connectivity index (χ2n) is 4.98. The van der Waals surface area contributed by atoms with Crippen molar-refractivity contribution < 1.29 is 19.1 Å². The van der Waals surface area contributed by atoms with E-state index in [2.05, 4.69) is 0 Å². The highest BCUT2D eigenvalue weighted by Gasteiger charge is 2.28. The van der Waals surface area contributed by atoms with Crippen molar-refractivity contribution in [1.82, 2.24) is 4.57 Å². The number of aromatic nitrogens is 1. The van der Waals surface area contributed by atoms with Crippen LogP contribution in [0.4, 0.5) is 0 Å². The van der Waals surface area contributed by atoms with Crippen LogP contribution >= 0.6 is 0 Å². The van der Waals surface area contributed by atoms with Crippen molar-refractivity contribution in [2.24, 2.45) is 0 Å². The molecule has 1 aromatic heterocycles. The molecule has 0 amide bonds. The zero-order valence-electron chi connectivity index (χ0n) is 13.2. The molecule has 0 unspecified atom stereocenters. The average Bonchev–Trinajstić information content (AvgIpc) is 2.79. The summed E-state index contributed by atoms with van der Waals surface area (Å²) in [6, 6.07) is 9.83. The lowest BCUT2D eigenvalue weighted by Gasteiger charge is -2.09. The van der Waals surface area contributed by atoms with Crippen molar-refractivity contribution in [3.63, 3.8) is 0 Å². The van der Waals surface area contributed by atoms with Crippen LogP contribution in [0.25, 0.3) is 0 Å². The topological polar surface area (TPSA) is 57.5 Å².